The Balaban J connectivity index is 2.15. The van der Waals surface area contributed by atoms with Crippen LogP contribution in [0.15, 0.2) is 6.20 Å². The Morgan fingerprint density at radius 1 is 1.47 bits per heavy atom. The minimum absolute atomic E-state index is 0.535. The first kappa shape index (κ1) is 10.3. The average Bonchev–Trinajstić information content (AvgIpc) is 2.95. The first-order chi connectivity index (χ1) is 8.29. The van der Waals surface area contributed by atoms with Crippen molar-refractivity contribution in [2.24, 2.45) is 0 Å². The molecular weight excluding hydrogens is 216 g/mol. The molecule has 90 valence electrons. The molecule has 0 radical (unpaired) electrons. The Labute approximate surface area is 99.4 Å². The molecule has 0 bridgehead atoms. The molecule has 3 heterocycles. The molecule has 0 saturated carbocycles. The van der Waals surface area contributed by atoms with E-state index in [9.17, 15) is 0 Å². The second-order valence-electron chi connectivity index (χ2n) is 4.44. The van der Waals surface area contributed by atoms with Gasteiger partial charge in [0.1, 0.15) is 5.82 Å². The van der Waals surface area contributed by atoms with Crippen LogP contribution in [0.2, 0.25) is 0 Å². The minimum atomic E-state index is 0.535. The van der Waals surface area contributed by atoms with Gasteiger partial charge in [-0.1, -0.05) is 0 Å². The summed E-state index contributed by atoms with van der Waals surface area (Å²) in [6, 6.07) is 0.535. The van der Waals surface area contributed by atoms with E-state index in [0.717, 1.165) is 23.4 Å². The number of rotatable bonds is 2. The lowest BCUT2D eigenvalue weighted by atomic mass is 10.2. The number of H-pyrrole nitrogens is 1. The first-order valence-electron chi connectivity index (χ1n) is 5.95. The Morgan fingerprint density at radius 3 is 3.06 bits per heavy atom. The molecule has 17 heavy (non-hydrogen) atoms. The summed E-state index contributed by atoms with van der Waals surface area (Å²) in [5.74, 6) is 1.62. The standard InChI is InChI=1S/C11H16N6/c1-7-4-3-5-17(7)10-8-6-13-16-9(8)14-11(12-2)15-10/h6-7H,3-5H2,1-2H3,(H2,12,13,14,15,16). The molecule has 6 nitrogen and oxygen atoms in total. The van der Waals surface area contributed by atoms with Gasteiger partial charge >= 0.3 is 0 Å². The highest BCUT2D eigenvalue weighted by Crippen LogP contribution is 2.29. The van der Waals surface area contributed by atoms with Crippen molar-refractivity contribution in [2.45, 2.75) is 25.8 Å². The molecule has 0 aromatic carbocycles. The van der Waals surface area contributed by atoms with Crippen LogP contribution in [0.3, 0.4) is 0 Å². The third-order valence-electron chi connectivity index (χ3n) is 3.34. The van der Waals surface area contributed by atoms with Crippen molar-refractivity contribution >= 4 is 22.8 Å². The van der Waals surface area contributed by atoms with Crippen molar-refractivity contribution in [1.29, 1.82) is 0 Å². The quantitative estimate of drug-likeness (QED) is 0.818. The van der Waals surface area contributed by atoms with Crippen molar-refractivity contribution < 1.29 is 0 Å². The van der Waals surface area contributed by atoms with Crippen molar-refractivity contribution in [2.75, 3.05) is 23.8 Å². The summed E-state index contributed by atoms with van der Waals surface area (Å²) >= 11 is 0. The molecule has 1 atom stereocenters. The number of anilines is 2. The van der Waals surface area contributed by atoms with E-state index < -0.39 is 0 Å². The molecule has 6 heteroatoms. The lowest BCUT2D eigenvalue weighted by molar-refractivity contribution is 0.729. The van der Waals surface area contributed by atoms with E-state index in [0.29, 0.717) is 12.0 Å². The van der Waals surface area contributed by atoms with Gasteiger partial charge in [-0.25, -0.2) is 0 Å². The van der Waals surface area contributed by atoms with Gasteiger partial charge in [-0.05, 0) is 19.8 Å². The highest BCUT2D eigenvalue weighted by molar-refractivity contribution is 5.87. The SMILES string of the molecule is CNc1nc(N2CCCC2C)c2cn[nH]c2n1. The smallest absolute Gasteiger partial charge is 0.226 e. The van der Waals surface area contributed by atoms with Crippen molar-refractivity contribution in [1.82, 2.24) is 20.2 Å². The Bertz CT molecular complexity index is 534. The molecule has 1 unspecified atom stereocenters. The topological polar surface area (TPSA) is 69.7 Å². The second kappa shape index (κ2) is 3.87. The highest BCUT2D eigenvalue weighted by Gasteiger charge is 2.24. The predicted octanol–water partition coefficient (Wildman–Crippen LogP) is 1.38. The summed E-state index contributed by atoms with van der Waals surface area (Å²) in [7, 11) is 1.83. The Morgan fingerprint density at radius 2 is 2.35 bits per heavy atom. The number of nitrogens with zero attached hydrogens (tertiary/aromatic N) is 4. The lowest BCUT2D eigenvalue weighted by Crippen LogP contribution is -2.27. The van der Waals surface area contributed by atoms with Gasteiger partial charge in [-0.2, -0.15) is 15.1 Å². The molecule has 2 aromatic heterocycles. The summed E-state index contributed by atoms with van der Waals surface area (Å²) in [5.41, 5.74) is 0.790. The van der Waals surface area contributed by atoms with Crippen LogP contribution in [0.4, 0.5) is 11.8 Å². The lowest BCUT2D eigenvalue weighted by Gasteiger charge is -2.23. The van der Waals surface area contributed by atoms with E-state index in [4.69, 9.17) is 0 Å². The van der Waals surface area contributed by atoms with Gasteiger partial charge < -0.3 is 10.2 Å². The largest absolute Gasteiger partial charge is 0.357 e. The number of nitrogens with one attached hydrogen (secondary N) is 2. The van der Waals surface area contributed by atoms with Crippen LogP contribution in [0.1, 0.15) is 19.8 Å². The molecule has 0 spiro atoms. The number of hydrogen-bond donors (Lipinski definition) is 2. The molecule has 2 N–H and O–H groups in total. The minimum Gasteiger partial charge on any atom is -0.357 e. The zero-order valence-corrected chi connectivity index (χ0v) is 10.1. The maximum absolute atomic E-state index is 4.57. The molecular formula is C11H16N6. The molecule has 0 aliphatic carbocycles. The van der Waals surface area contributed by atoms with Gasteiger partial charge in [0.15, 0.2) is 5.65 Å². The second-order valence-corrected chi connectivity index (χ2v) is 4.44. The zero-order valence-electron chi connectivity index (χ0n) is 10.1. The maximum atomic E-state index is 4.57. The third kappa shape index (κ3) is 1.60. The van der Waals surface area contributed by atoms with Gasteiger partial charge in [-0.3, -0.25) is 5.10 Å². The molecule has 3 rings (SSSR count). The molecule has 1 aliphatic heterocycles. The van der Waals surface area contributed by atoms with E-state index in [1.165, 1.54) is 12.8 Å². The van der Waals surface area contributed by atoms with E-state index >= 15 is 0 Å². The van der Waals surface area contributed by atoms with Crippen LogP contribution >= 0.6 is 0 Å². The fraction of sp³-hybridized carbons (Fsp3) is 0.545. The predicted molar refractivity (Wildman–Crippen MR) is 67.3 cm³/mol. The number of aromatic amines is 1. The Kier molecular flexibility index (Phi) is 2.35. The number of hydrogen-bond acceptors (Lipinski definition) is 5. The molecule has 1 saturated heterocycles. The van der Waals surface area contributed by atoms with Crippen LogP contribution < -0.4 is 10.2 Å². The molecule has 0 amide bonds. The van der Waals surface area contributed by atoms with Crippen LogP contribution in [0, 0.1) is 0 Å². The van der Waals surface area contributed by atoms with E-state index in [2.05, 4.69) is 37.3 Å². The van der Waals surface area contributed by atoms with Gasteiger partial charge in [0, 0.05) is 19.6 Å². The van der Waals surface area contributed by atoms with E-state index in [-0.39, 0.29) is 0 Å². The fourth-order valence-electron chi connectivity index (χ4n) is 2.40. The molecule has 2 aromatic rings. The van der Waals surface area contributed by atoms with E-state index in [1.54, 1.807) is 6.20 Å². The molecule has 1 aliphatic rings. The van der Waals surface area contributed by atoms with E-state index in [1.807, 2.05) is 7.05 Å². The van der Waals surface area contributed by atoms with Crippen molar-refractivity contribution in [3.8, 4) is 0 Å². The monoisotopic (exact) mass is 232 g/mol. The average molecular weight is 232 g/mol. The summed E-state index contributed by atoms with van der Waals surface area (Å²) in [4.78, 5) is 11.2. The van der Waals surface area contributed by atoms with Gasteiger partial charge in [0.2, 0.25) is 5.95 Å². The first-order valence-corrected chi connectivity index (χ1v) is 5.95. The summed E-state index contributed by atoms with van der Waals surface area (Å²) in [6.45, 7) is 3.29. The van der Waals surface area contributed by atoms with Crippen LogP contribution in [0.5, 0.6) is 0 Å². The Hall–Kier alpha value is -1.85. The summed E-state index contributed by atoms with van der Waals surface area (Å²) in [5, 5.41) is 10.9. The number of aromatic nitrogens is 4. The third-order valence-corrected chi connectivity index (χ3v) is 3.34. The van der Waals surface area contributed by atoms with Crippen molar-refractivity contribution in [3.63, 3.8) is 0 Å². The fourth-order valence-corrected chi connectivity index (χ4v) is 2.40. The van der Waals surface area contributed by atoms with Gasteiger partial charge in [0.25, 0.3) is 0 Å². The maximum Gasteiger partial charge on any atom is 0.226 e. The molecule has 1 fully saturated rings. The van der Waals surface area contributed by atoms with Crippen LogP contribution in [0.25, 0.3) is 11.0 Å². The number of fused-ring (bicyclic) bond motifs is 1. The van der Waals surface area contributed by atoms with Crippen LogP contribution in [-0.4, -0.2) is 39.8 Å². The zero-order chi connectivity index (χ0) is 11.8. The summed E-state index contributed by atoms with van der Waals surface area (Å²) < 4.78 is 0. The normalized spacial score (nSPS) is 20.1. The van der Waals surface area contributed by atoms with Crippen LogP contribution in [-0.2, 0) is 0 Å². The summed E-state index contributed by atoms with van der Waals surface area (Å²) in [6.07, 6.45) is 4.24. The van der Waals surface area contributed by atoms with Gasteiger partial charge in [0.05, 0.1) is 11.6 Å². The van der Waals surface area contributed by atoms with Gasteiger partial charge in [-0.15, -0.1) is 0 Å². The van der Waals surface area contributed by atoms with Crippen molar-refractivity contribution in [3.05, 3.63) is 6.20 Å². The highest BCUT2D eigenvalue weighted by atomic mass is 15.3.